The fraction of sp³-hybridized carbons (Fsp3) is 0.833. The van der Waals surface area contributed by atoms with E-state index in [9.17, 15) is 9.50 Å². The Hall–Kier alpha value is -0.545. The van der Waals surface area contributed by atoms with Gasteiger partial charge in [-0.25, -0.2) is 0 Å². The molecule has 0 saturated heterocycles. The fourth-order valence-corrected chi connectivity index (χ4v) is 0.763. The van der Waals surface area contributed by atoms with E-state index in [1.807, 2.05) is 0 Å². The van der Waals surface area contributed by atoms with Crippen LogP contribution in [0.5, 0.6) is 0 Å². The number of carbonyl (C=O) groups excluding carboxylic acids is 1. The molecular weight excluding hydrogens is 145 g/mol. The molecule has 0 aliphatic rings. The van der Waals surface area contributed by atoms with Gasteiger partial charge in [0.15, 0.2) is 0 Å². The van der Waals surface area contributed by atoms with E-state index in [0.29, 0.717) is 7.15 Å². The Morgan fingerprint density at radius 3 is 2.73 bits per heavy atom. The maximum atomic E-state index is 10.5. The molecule has 0 aromatic heterocycles. The number of aliphatic hydroxyl groups is 1. The van der Waals surface area contributed by atoms with Crippen LogP contribution in [0, 0.1) is 0 Å². The summed E-state index contributed by atoms with van der Waals surface area (Å²) in [7, 11) is 0.697. The normalized spacial score (nSPS) is 12.2. The summed E-state index contributed by atoms with van der Waals surface area (Å²) in [5.41, 5.74) is 0. The number of rotatable bonds is 6. The first-order valence-corrected chi connectivity index (χ1v) is 3.48. The van der Waals surface area contributed by atoms with Crippen LogP contribution in [-0.2, 0) is 9.50 Å². The van der Waals surface area contributed by atoms with Gasteiger partial charge in [-0.1, -0.05) is 0 Å². The number of carbonyl (C=O) groups is 1. The summed E-state index contributed by atoms with van der Waals surface area (Å²) >= 11 is 0. The van der Waals surface area contributed by atoms with Gasteiger partial charge in [0.1, 0.15) is 0 Å². The minimum atomic E-state index is -0.280. The van der Waals surface area contributed by atoms with E-state index in [2.05, 4.69) is 5.32 Å². The Morgan fingerprint density at radius 1 is 1.73 bits per heavy atom. The van der Waals surface area contributed by atoms with Crippen molar-refractivity contribution in [1.82, 2.24) is 5.32 Å². The molecule has 0 aromatic rings. The van der Waals surface area contributed by atoms with Crippen LogP contribution in [0.25, 0.3) is 0 Å². The molecule has 0 aliphatic heterocycles. The topological polar surface area (TPSA) is 66.4 Å². The van der Waals surface area contributed by atoms with Gasteiger partial charge >= 0.3 is 65.3 Å². The average molecular weight is 157 g/mol. The number of hydrogen-bond donors (Lipinski definition) is 2. The van der Waals surface area contributed by atoms with Crippen molar-refractivity contribution in [3.63, 3.8) is 0 Å². The van der Waals surface area contributed by atoms with Crippen LogP contribution in [0.4, 0.5) is 0 Å². The number of ketones is 1. The Kier molecular flexibility index (Phi) is 5.88. The van der Waals surface area contributed by atoms with Crippen LogP contribution in [0.3, 0.4) is 0 Å². The van der Waals surface area contributed by atoms with Crippen LogP contribution in [0.15, 0.2) is 0 Å². The van der Waals surface area contributed by atoms with Crippen molar-refractivity contribution >= 4 is 12.9 Å². The average Bonchev–Trinajstić information content (AvgIpc) is 1.97. The molecule has 2 N–H and O–H groups in total. The van der Waals surface area contributed by atoms with E-state index in [0.717, 1.165) is 0 Å². The van der Waals surface area contributed by atoms with Crippen LogP contribution in [-0.4, -0.2) is 37.1 Å². The SMILES string of the molecule is CC(=O)CC(CO)NCB=O. The second kappa shape index (κ2) is 6.18. The molecular formula is C6H12BNO3. The number of Topliss-reactive ketones (excluding diaryl/α,β-unsaturated/α-hetero) is 1. The van der Waals surface area contributed by atoms with E-state index in [1.165, 1.54) is 6.92 Å². The number of hydrogen-bond acceptors (Lipinski definition) is 4. The third kappa shape index (κ3) is 5.88. The third-order valence-corrected chi connectivity index (χ3v) is 1.24. The summed E-state index contributed by atoms with van der Waals surface area (Å²) < 4.78 is 9.88. The molecule has 5 heteroatoms. The van der Waals surface area contributed by atoms with Gasteiger partial charge in [-0.2, -0.15) is 0 Å². The minimum absolute atomic E-state index is 0.00227. The zero-order chi connectivity index (χ0) is 8.69. The van der Waals surface area contributed by atoms with E-state index in [1.54, 1.807) is 0 Å². The van der Waals surface area contributed by atoms with Gasteiger partial charge in [0, 0.05) is 0 Å². The summed E-state index contributed by atoms with van der Waals surface area (Å²) in [4.78, 5) is 10.5. The van der Waals surface area contributed by atoms with E-state index < -0.39 is 0 Å². The van der Waals surface area contributed by atoms with Gasteiger partial charge in [0.2, 0.25) is 0 Å². The number of aliphatic hydroxyl groups excluding tert-OH is 1. The van der Waals surface area contributed by atoms with E-state index in [-0.39, 0.29) is 31.3 Å². The summed E-state index contributed by atoms with van der Waals surface area (Å²) in [5, 5.41) is 11.4. The van der Waals surface area contributed by atoms with Crippen LogP contribution >= 0.6 is 0 Å². The van der Waals surface area contributed by atoms with Crippen molar-refractivity contribution in [1.29, 1.82) is 0 Å². The molecule has 1 atom stereocenters. The van der Waals surface area contributed by atoms with Gasteiger partial charge in [-0.3, -0.25) is 0 Å². The molecule has 0 aliphatic carbocycles. The molecule has 0 bridgehead atoms. The van der Waals surface area contributed by atoms with Gasteiger partial charge < -0.3 is 0 Å². The molecule has 4 nitrogen and oxygen atoms in total. The Bertz CT molecular complexity index is 140. The van der Waals surface area contributed by atoms with Gasteiger partial charge in [-0.15, -0.1) is 0 Å². The quantitative estimate of drug-likeness (QED) is 0.481. The molecule has 0 rings (SSSR count). The van der Waals surface area contributed by atoms with Crippen molar-refractivity contribution in [3.8, 4) is 0 Å². The van der Waals surface area contributed by atoms with Crippen molar-refractivity contribution in [2.75, 3.05) is 13.1 Å². The molecule has 1 unspecified atom stereocenters. The van der Waals surface area contributed by atoms with Gasteiger partial charge in [0.25, 0.3) is 0 Å². The molecule has 0 spiro atoms. The molecule has 11 heavy (non-hydrogen) atoms. The van der Waals surface area contributed by atoms with Crippen molar-refractivity contribution in [2.24, 2.45) is 0 Å². The maximum absolute atomic E-state index is 10.5. The Labute approximate surface area is 66.2 Å². The molecule has 0 radical (unpaired) electrons. The summed E-state index contributed by atoms with van der Waals surface area (Å²) in [6, 6.07) is -0.280. The van der Waals surface area contributed by atoms with Gasteiger partial charge in [-0.05, 0) is 0 Å². The standard InChI is InChI=1S/C6H12BNO3/c1-5(10)2-6(3-9)8-4-7-11/h6,8-9H,2-4H2,1H3. The predicted octanol–water partition coefficient (Wildman–Crippen LogP) is -1.08. The van der Waals surface area contributed by atoms with Crippen molar-refractivity contribution < 1.29 is 14.6 Å². The second-order valence-corrected chi connectivity index (χ2v) is 2.36. The molecule has 0 fully saturated rings. The first kappa shape index (κ1) is 10.5. The zero-order valence-corrected chi connectivity index (χ0v) is 6.54. The zero-order valence-electron chi connectivity index (χ0n) is 6.54. The van der Waals surface area contributed by atoms with Crippen molar-refractivity contribution in [2.45, 2.75) is 19.4 Å². The molecule has 0 amide bonds. The Morgan fingerprint density at radius 2 is 2.36 bits per heavy atom. The summed E-state index contributed by atoms with van der Waals surface area (Å²) in [5.74, 6) is 0.00227. The predicted molar refractivity (Wildman–Crippen MR) is 40.6 cm³/mol. The molecule has 0 saturated carbocycles. The monoisotopic (exact) mass is 157 g/mol. The van der Waals surface area contributed by atoms with E-state index in [4.69, 9.17) is 5.11 Å². The second-order valence-electron chi connectivity index (χ2n) is 2.36. The molecule has 0 heterocycles. The molecule has 62 valence electrons. The third-order valence-electron chi connectivity index (χ3n) is 1.24. The van der Waals surface area contributed by atoms with E-state index >= 15 is 0 Å². The van der Waals surface area contributed by atoms with Crippen LogP contribution < -0.4 is 5.32 Å². The Balaban J connectivity index is 3.57. The summed E-state index contributed by atoms with van der Waals surface area (Å²) in [6.45, 7) is 1.33. The first-order valence-electron chi connectivity index (χ1n) is 3.48. The number of nitrogens with one attached hydrogen (secondary N) is 1. The fourth-order valence-electron chi connectivity index (χ4n) is 0.763. The summed E-state index contributed by atoms with van der Waals surface area (Å²) in [6.07, 6.45) is 0.447. The molecule has 0 aromatic carbocycles. The van der Waals surface area contributed by atoms with Gasteiger partial charge in [0.05, 0.1) is 0 Å². The first-order chi connectivity index (χ1) is 5.20. The van der Waals surface area contributed by atoms with Crippen molar-refractivity contribution in [3.05, 3.63) is 0 Å². The van der Waals surface area contributed by atoms with Crippen LogP contribution in [0.1, 0.15) is 13.3 Å². The van der Waals surface area contributed by atoms with Crippen LogP contribution in [0.2, 0.25) is 0 Å².